The fraction of sp³-hybridized carbons (Fsp3) is 1.00. The van der Waals surface area contributed by atoms with Crippen LogP contribution in [-0.4, -0.2) is 11.7 Å². The molecule has 0 aromatic carbocycles. The van der Waals surface area contributed by atoms with E-state index in [1.165, 1.54) is 6.42 Å². The van der Waals surface area contributed by atoms with Gasteiger partial charge in [-0.15, -0.1) is 0 Å². The molecule has 0 spiro atoms. The molecule has 5 atom stereocenters. The summed E-state index contributed by atoms with van der Waals surface area (Å²) in [6.45, 7) is 7.60. The summed E-state index contributed by atoms with van der Waals surface area (Å²) < 4.78 is 0. The van der Waals surface area contributed by atoms with Crippen molar-refractivity contribution in [2.45, 2.75) is 27.2 Å². The van der Waals surface area contributed by atoms with Crippen LogP contribution in [-0.2, 0) is 0 Å². The van der Waals surface area contributed by atoms with Crippen molar-refractivity contribution < 1.29 is 5.11 Å². The zero-order valence-electron chi connectivity index (χ0n) is 8.17. The van der Waals surface area contributed by atoms with Crippen LogP contribution in [0.2, 0.25) is 0 Å². The number of aliphatic hydroxyl groups is 1. The minimum absolute atomic E-state index is 0.417. The van der Waals surface area contributed by atoms with Crippen LogP contribution in [0.5, 0.6) is 0 Å². The van der Waals surface area contributed by atoms with Crippen molar-refractivity contribution in [3.63, 3.8) is 0 Å². The van der Waals surface area contributed by atoms with Gasteiger partial charge in [0.05, 0.1) is 0 Å². The molecule has 68 valence electrons. The molecule has 1 unspecified atom stereocenters. The molecule has 1 N–H and O–H groups in total. The molecule has 0 aliphatic heterocycles. The lowest BCUT2D eigenvalue weighted by Gasteiger charge is -2.67. The van der Waals surface area contributed by atoms with E-state index in [9.17, 15) is 5.11 Å². The van der Waals surface area contributed by atoms with E-state index in [-0.39, 0.29) is 0 Å². The van der Waals surface area contributed by atoms with Gasteiger partial charge in [-0.2, -0.15) is 0 Å². The summed E-state index contributed by atoms with van der Waals surface area (Å²) in [7, 11) is 0. The lowest BCUT2D eigenvalue weighted by Crippen LogP contribution is -2.64. The van der Waals surface area contributed by atoms with Gasteiger partial charge in [-0.3, -0.25) is 0 Å². The van der Waals surface area contributed by atoms with Gasteiger partial charge in [0, 0.05) is 12.0 Å². The van der Waals surface area contributed by atoms with Crippen LogP contribution < -0.4 is 0 Å². The Kier molecular flexibility index (Phi) is 0.991. The van der Waals surface area contributed by atoms with Crippen molar-refractivity contribution in [3.8, 4) is 0 Å². The molecule has 3 aliphatic carbocycles. The third-order valence-electron chi connectivity index (χ3n) is 5.49. The summed E-state index contributed by atoms with van der Waals surface area (Å²) in [5.41, 5.74) is 0.932. The Morgan fingerprint density at radius 2 is 2.08 bits per heavy atom. The molecule has 0 saturated heterocycles. The van der Waals surface area contributed by atoms with Gasteiger partial charge in [0.2, 0.25) is 0 Å². The highest BCUT2D eigenvalue weighted by Gasteiger charge is 2.83. The van der Waals surface area contributed by atoms with E-state index in [2.05, 4.69) is 20.8 Å². The van der Waals surface area contributed by atoms with Crippen LogP contribution in [0, 0.1) is 34.5 Å². The number of aliphatic hydroxyl groups excluding tert-OH is 1. The quantitative estimate of drug-likeness (QED) is 0.631. The molecule has 3 fully saturated rings. The second-order valence-corrected chi connectivity index (χ2v) is 5.87. The molecule has 3 saturated carbocycles. The molecule has 0 aromatic heterocycles. The number of fused-ring (bicyclic) bond motifs is 4. The Morgan fingerprint density at radius 3 is 2.67 bits per heavy atom. The Morgan fingerprint density at radius 1 is 1.42 bits per heavy atom. The zero-order valence-corrected chi connectivity index (χ0v) is 8.17. The average Bonchev–Trinajstić information content (AvgIpc) is 2.59. The maximum Gasteiger partial charge on any atom is 0.0493 e. The number of hydrogen-bond acceptors (Lipinski definition) is 1. The molecular formula is C11H18O. The molecule has 0 amide bonds. The molecule has 0 bridgehead atoms. The predicted molar refractivity (Wildman–Crippen MR) is 47.6 cm³/mol. The van der Waals surface area contributed by atoms with Crippen LogP contribution in [0.1, 0.15) is 27.2 Å². The second-order valence-electron chi connectivity index (χ2n) is 5.87. The van der Waals surface area contributed by atoms with Gasteiger partial charge < -0.3 is 5.11 Å². The molecule has 0 aromatic rings. The Labute approximate surface area is 74.2 Å². The maximum absolute atomic E-state index is 9.33. The van der Waals surface area contributed by atoms with E-state index in [0.29, 0.717) is 17.4 Å². The van der Waals surface area contributed by atoms with Crippen LogP contribution >= 0.6 is 0 Å². The lowest BCUT2D eigenvalue weighted by atomic mass is 9.37. The van der Waals surface area contributed by atoms with Crippen molar-refractivity contribution in [2.75, 3.05) is 6.61 Å². The van der Waals surface area contributed by atoms with Crippen molar-refractivity contribution in [3.05, 3.63) is 0 Å². The molecule has 0 radical (unpaired) electrons. The Bertz CT molecular complexity index is 243. The minimum Gasteiger partial charge on any atom is -0.396 e. The summed E-state index contributed by atoms with van der Waals surface area (Å²) in [5.74, 6) is 3.65. The first-order valence-corrected chi connectivity index (χ1v) is 5.16. The van der Waals surface area contributed by atoms with E-state index in [4.69, 9.17) is 0 Å². The monoisotopic (exact) mass is 166 g/mol. The first-order chi connectivity index (χ1) is 5.55. The smallest absolute Gasteiger partial charge is 0.0493 e. The van der Waals surface area contributed by atoms with Gasteiger partial charge in [-0.1, -0.05) is 20.8 Å². The van der Waals surface area contributed by atoms with Crippen LogP contribution in [0.25, 0.3) is 0 Å². The van der Waals surface area contributed by atoms with E-state index in [1.807, 2.05) is 0 Å². The van der Waals surface area contributed by atoms with Crippen LogP contribution in [0.3, 0.4) is 0 Å². The van der Waals surface area contributed by atoms with E-state index >= 15 is 0 Å². The summed E-state index contributed by atoms with van der Waals surface area (Å²) in [5, 5.41) is 9.33. The van der Waals surface area contributed by atoms with Gasteiger partial charge in [-0.25, -0.2) is 0 Å². The van der Waals surface area contributed by atoms with Gasteiger partial charge in [-0.05, 0) is 35.5 Å². The first kappa shape index (κ1) is 7.37. The summed E-state index contributed by atoms with van der Waals surface area (Å²) in [4.78, 5) is 0. The largest absolute Gasteiger partial charge is 0.396 e. The average molecular weight is 166 g/mol. The number of rotatable bonds is 1. The Hall–Kier alpha value is -0.0400. The molecule has 0 heterocycles. The van der Waals surface area contributed by atoms with E-state index in [0.717, 1.165) is 23.7 Å². The molecule has 3 rings (SSSR count). The van der Waals surface area contributed by atoms with E-state index in [1.54, 1.807) is 0 Å². The first-order valence-electron chi connectivity index (χ1n) is 5.16. The topological polar surface area (TPSA) is 20.2 Å². The fourth-order valence-electron chi connectivity index (χ4n) is 4.54. The predicted octanol–water partition coefficient (Wildman–Crippen LogP) is 1.91. The maximum atomic E-state index is 9.33. The third kappa shape index (κ3) is 0.454. The van der Waals surface area contributed by atoms with Crippen molar-refractivity contribution in [2.24, 2.45) is 34.5 Å². The molecule has 3 aliphatic rings. The highest BCUT2D eigenvalue weighted by atomic mass is 16.3. The Balaban J connectivity index is 1.90. The molecule has 1 nitrogen and oxygen atoms in total. The van der Waals surface area contributed by atoms with Gasteiger partial charge in [0.15, 0.2) is 0 Å². The van der Waals surface area contributed by atoms with Crippen molar-refractivity contribution in [1.82, 2.24) is 0 Å². The van der Waals surface area contributed by atoms with Gasteiger partial charge in [0.1, 0.15) is 0 Å². The van der Waals surface area contributed by atoms with Crippen molar-refractivity contribution >= 4 is 0 Å². The normalized spacial score (nSPS) is 64.0. The van der Waals surface area contributed by atoms with Gasteiger partial charge >= 0.3 is 0 Å². The minimum atomic E-state index is 0.417. The fourth-order valence-corrected chi connectivity index (χ4v) is 4.54. The molecule has 12 heavy (non-hydrogen) atoms. The third-order valence-corrected chi connectivity index (χ3v) is 5.49. The summed E-state index contributed by atoms with van der Waals surface area (Å²) >= 11 is 0. The van der Waals surface area contributed by atoms with Gasteiger partial charge in [0.25, 0.3) is 0 Å². The summed E-state index contributed by atoms with van der Waals surface area (Å²) in [6.07, 6.45) is 1.33. The number of hydrogen-bond donors (Lipinski definition) is 1. The van der Waals surface area contributed by atoms with Crippen LogP contribution in [0.4, 0.5) is 0 Å². The zero-order chi connectivity index (χ0) is 8.72. The molecular weight excluding hydrogens is 148 g/mol. The standard InChI is InChI=1S/C11H18O/c1-6-8-7-4-11(7,5-12)9(8)10(6,2)3/h6-9,12H,4-5H2,1-3H3/t6-,7+,8?,9-,11-/m1/s1. The second kappa shape index (κ2) is 1.61. The van der Waals surface area contributed by atoms with Crippen molar-refractivity contribution in [1.29, 1.82) is 0 Å². The SMILES string of the molecule is C[C@@H]1C2[C@H](C1(C)C)[C@@]1(CO)C[C@@H]21. The summed E-state index contributed by atoms with van der Waals surface area (Å²) in [6, 6.07) is 0. The van der Waals surface area contributed by atoms with E-state index < -0.39 is 0 Å². The highest BCUT2D eigenvalue weighted by molar-refractivity contribution is 5.30. The lowest BCUT2D eigenvalue weighted by molar-refractivity contribution is -0.215. The highest BCUT2D eigenvalue weighted by Crippen LogP contribution is 2.86. The van der Waals surface area contributed by atoms with Crippen LogP contribution in [0.15, 0.2) is 0 Å². The molecule has 1 heteroatoms.